The molecule has 1 aliphatic heterocycles. The Morgan fingerprint density at radius 3 is 2.50 bits per heavy atom. The SMILES string of the molecule is COc1ccc(Br)cc1C(O)C1CC(C)(C)OC1(C)C. The third-order valence-corrected chi connectivity index (χ3v) is 4.53. The second-order valence-corrected chi connectivity index (χ2v) is 7.52. The van der Waals surface area contributed by atoms with E-state index >= 15 is 0 Å². The van der Waals surface area contributed by atoms with Gasteiger partial charge in [-0.3, -0.25) is 0 Å². The van der Waals surface area contributed by atoms with Crippen LogP contribution in [0.1, 0.15) is 45.8 Å². The van der Waals surface area contributed by atoms with Gasteiger partial charge in [0.25, 0.3) is 0 Å². The predicted molar refractivity (Wildman–Crippen MR) is 83.0 cm³/mol. The molecule has 0 radical (unpaired) electrons. The van der Waals surface area contributed by atoms with Crippen molar-refractivity contribution in [1.29, 1.82) is 0 Å². The largest absolute Gasteiger partial charge is 0.496 e. The second kappa shape index (κ2) is 5.32. The topological polar surface area (TPSA) is 38.7 Å². The highest BCUT2D eigenvalue weighted by Gasteiger charge is 2.49. The molecule has 2 unspecified atom stereocenters. The summed E-state index contributed by atoms with van der Waals surface area (Å²) < 4.78 is 12.4. The van der Waals surface area contributed by atoms with Crippen molar-refractivity contribution >= 4 is 15.9 Å². The van der Waals surface area contributed by atoms with E-state index in [0.717, 1.165) is 16.5 Å². The molecule has 20 heavy (non-hydrogen) atoms. The van der Waals surface area contributed by atoms with Crippen LogP contribution in [-0.4, -0.2) is 23.4 Å². The van der Waals surface area contributed by atoms with E-state index in [1.807, 2.05) is 32.0 Å². The lowest BCUT2D eigenvalue weighted by Crippen LogP contribution is -2.32. The summed E-state index contributed by atoms with van der Waals surface area (Å²) in [6.07, 6.45) is 0.204. The monoisotopic (exact) mass is 342 g/mol. The lowest BCUT2D eigenvalue weighted by molar-refractivity contribution is -0.0881. The van der Waals surface area contributed by atoms with Gasteiger partial charge in [-0.15, -0.1) is 0 Å². The summed E-state index contributed by atoms with van der Waals surface area (Å²) in [4.78, 5) is 0. The maximum Gasteiger partial charge on any atom is 0.124 e. The number of halogens is 1. The minimum Gasteiger partial charge on any atom is -0.496 e. The van der Waals surface area contributed by atoms with Gasteiger partial charge in [0, 0.05) is 16.0 Å². The van der Waals surface area contributed by atoms with Crippen LogP contribution in [0, 0.1) is 5.92 Å². The molecule has 0 amide bonds. The first-order valence-corrected chi connectivity index (χ1v) is 7.67. The fourth-order valence-electron chi connectivity index (χ4n) is 3.25. The lowest BCUT2D eigenvalue weighted by atomic mass is 9.80. The first-order chi connectivity index (χ1) is 9.16. The molecule has 4 heteroatoms. The maximum absolute atomic E-state index is 10.8. The molecular weight excluding hydrogens is 320 g/mol. The smallest absolute Gasteiger partial charge is 0.124 e. The normalized spacial score (nSPS) is 25.4. The molecule has 112 valence electrons. The number of aliphatic hydroxyl groups is 1. The molecule has 0 saturated carbocycles. The van der Waals surface area contributed by atoms with Gasteiger partial charge in [0.2, 0.25) is 0 Å². The van der Waals surface area contributed by atoms with Crippen molar-refractivity contribution in [3.8, 4) is 5.75 Å². The highest BCUT2D eigenvalue weighted by Crippen LogP contribution is 2.49. The summed E-state index contributed by atoms with van der Waals surface area (Å²) in [5, 5.41) is 10.8. The molecule has 0 aliphatic carbocycles. The van der Waals surface area contributed by atoms with Gasteiger partial charge in [0.1, 0.15) is 5.75 Å². The number of hydrogen-bond acceptors (Lipinski definition) is 3. The van der Waals surface area contributed by atoms with Crippen molar-refractivity contribution in [2.24, 2.45) is 5.92 Å². The van der Waals surface area contributed by atoms with E-state index < -0.39 is 6.10 Å². The molecule has 1 fully saturated rings. The molecule has 0 bridgehead atoms. The molecule has 2 rings (SSSR count). The quantitative estimate of drug-likeness (QED) is 0.899. The van der Waals surface area contributed by atoms with Crippen LogP contribution in [-0.2, 0) is 4.74 Å². The number of rotatable bonds is 3. The Labute approximate surface area is 129 Å². The molecule has 2 atom stereocenters. The van der Waals surface area contributed by atoms with E-state index in [1.165, 1.54) is 0 Å². The van der Waals surface area contributed by atoms with Crippen LogP contribution in [0.2, 0.25) is 0 Å². The van der Waals surface area contributed by atoms with Gasteiger partial charge in [-0.1, -0.05) is 15.9 Å². The summed E-state index contributed by atoms with van der Waals surface area (Å²) in [6.45, 7) is 8.22. The van der Waals surface area contributed by atoms with Crippen LogP contribution in [0.3, 0.4) is 0 Å². The molecule has 1 aromatic rings. The van der Waals surface area contributed by atoms with Crippen LogP contribution in [0.5, 0.6) is 5.75 Å². The highest BCUT2D eigenvalue weighted by molar-refractivity contribution is 9.10. The minimum absolute atomic E-state index is 0.0284. The van der Waals surface area contributed by atoms with E-state index in [-0.39, 0.29) is 17.1 Å². The molecule has 1 saturated heterocycles. The zero-order chi connectivity index (χ0) is 15.1. The van der Waals surface area contributed by atoms with Gasteiger partial charge in [0.15, 0.2) is 0 Å². The van der Waals surface area contributed by atoms with Crippen molar-refractivity contribution in [1.82, 2.24) is 0 Å². The molecule has 0 spiro atoms. The van der Waals surface area contributed by atoms with E-state index in [9.17, 15) is 5.11 Å². The van der Waals surface area contributed by atoms with Gasteiger partial charge in [-0.2, -0.15) is 0 Å². The third kappa shape index (κ3) is 3.02. The van der Waals surface area contributed by atoms with Gasteiger partial charge in [-0.25, -0.2) is 0 Å². The van der Waals surface area contributed by atoms with Gasteiger partial charge < -0.3 is 14.6 Å². The summed E-state index contributed by atoms with van der Waals surface area (Å²) in [5.41, 5.74) is 0.228. The molecule has 1 heterocycles. The average Bonchev–Trinajstić information content (AvgIpc) is 2.56. The Morgan fingerprint density at radius 1 is 1.35 bits per heavy atom. The van der Waals surface area contributed by atoms with Gasteiger partial charge in [0.05, 0.1) is 24.4 Å². The van der Waals surface area contributed by atoms with Crippen LogP contribution in [0.25, 0.3) is 0 Å². The zero-order valence-corrected chi connectivity index (χ0v) is 14.3. The van der Waals surface area contributed by atoms with Crippen molar-refractivity contribution in [2.75, 3.05) is 7.11 Å². The Balaban J connectivity index is 2.36. The van der Waals surface area contributed by atoms with Crippen LogP contribution < -0.4 is 4.74 Å². The summed E-state index contributed by atoms with van der Waals surface area (Å²) in [6, 6.07) is 5.71. The zero-order valence-electron chi connectivity index (χ0n) is 12.7. The first kappa shape index (κ1) is 15.8. The minimum atomic E-state index is -0.612. The van der Waals surface area contributed by atoms with E-state index in [0.29, 0.717) is 5.75 Å². The molecule has 1 aromatic carbocycles. The third-order valence-electron chi connectivity index (χ3n) is 4.04. The van der Waals surface area contributed by atoms with Crippen molar-refractivity contribution < 1.29 is 14.6 Å². The Bertz CT molecular complexity index is 496. The van der Waals surface area contributed by atoms with Crippen LogP contribution in [0.15, 0.2) is 22.7 Å². The molecule has 3 nitrogen and oxygen atoms in total. The molecule has 1 N–H and O–H groups in total. The maximum atomic E-state index is 10.8. The number of benzene rings is 1. The first-order valence-electron chi connectivity index (χ1n) is 6.88. The number of ether oxygens (including phenoxy) is 2. The summed E-state index contributed by atoms with van der Waals surface area (Å²) in [5.74, 6) is 0.738. The Hall–Kier alpha value is -0.580. The highest BCUT2D eigenvalue weighted by atomic mass is 79.9. The molecule has 0 aromatic heterocycles. The average molecular weight is 343 g/mol. The van der Waals surface area contributed by atoms with Crippen molar-refractivity contribution in [3.05, 3.63) is 28.2 Å². The van der Waals surface area contributed by atoms with Gasteiger partial charge in [-0.05, 0) is 52.3 Å². The molecular formula is C16H23BrO3. The van der Waals surface area contributed by atoms with Crippen molar-refractivity contribution in [2.45, 2.75) is 51.4 Å². The van der Waals surface area contributed by atoms with Crippen molar-refractivity contribution in [3.63, 3.8) is 0 Å². The number of aliphatic hydroxyl groups excluding tert-OH is 1. The van der Waals surface area contributed by atoms with Crippen LogP contribution >= 0.6 is 15.9 Å². The number of hydrogen-bond donors (Lipinski definition) is 1. The van der Waals surface area contributed by atoms with Gasteiger partial charge >= 0.3 is 0 Å². The second-order valence-electron chi connectivity index (χ2n) is 6.61. The molecule has 1 aliphatic rings. The Kier molecular flexibility index (Phi) is 4.20. The van der Waals surface area contributed by atoms with E-state index in [2.05, 4.69) is 29.8 Å². The summed E-state index contributed by atoms with van der Waals surface area (Å²) >= 11 is 3.46. The standard InChI is InChI=1S/C16H23BrO3/c1-15(2)9-12(16(3,4)20-15)14(18)11-8-10(17)6-7-13(11)19-5/h6-8,12,14,18H,9H2,1-5H3. The fraction of sp³-hybridized carbons (Fsp3) is 0.625. The number of methoxy groups -OCH3 is 1. The van der Waals surface area contributed by atoms with E-state index in [1.54, 1.807) is 7.11 Å². The Morgan fingerprint density at radius 2 is 2.00 bits per heavy atom. The fourth-order valence-corrected chi connectivity index (χ4v) is 3.63. The van der Waals surface area contributed by atoms with E-state index in [4.69, 9.17) is 9.47 Å². The summed E-state index contributed by atoms with van der Waals surface area (Å²) in [7, 11) is 1.62. The lowest BCUT2D eigenvalue weighted by Gasteiger charge is -2.31. The predicted octanol–water partition coefficient (Wildman–Crippen LogP) is 4.08. The van der Waals surface area contributed by atoms with Crippen LogP contribution in [0.4, 0.5) is 0 Å².